The summed E-state index contributed by atoms with van der Waals surface area (Å²) in [5.41, 5.74) is 0. The number of hydrogen-bond acceptors (Lipinski definition) is 6. The minimum absolute atomic E-state index is 0.104. The van der Waals surface area contributed by atoms with E-state index >= 15 is 0 Å². The average Bonchev–Trinajstić information content (AvgIpc) is 2.75. The summed E-state index contributed by atoms with van der Waals surface area (Å²) in [6, 6.07) is 2.87. The van der Waals surface area contributed by atoms with Gasteiger partial charge in [-0.1, -0.05) is 0 Å². The van der Waals surface area contributed by atoms with E-state index in [0.717, 1.165) is 77.9 Å². The first kappa shape index (κ1) is 18.6. The Kier molecular flexibility index (Phi) is 6.19. The summed E-state index contributed by atoms with van der Waals surface area (Å²) in [5, 5.41) is 0. The average molecular weight is 374 g/mol. The molecule has 1 aromatic rings. The van der Waals surface area contributed by atoms with Crippen LogP contribution in [0.5, 0.6) is 6.01 Å². The van der Waals surface area contributed by atoms with Gasteiger partial charge in [-0.2, -0.15) is 0 Å². The fourth-order valence-corrected chi connectivity index (χ4v) is 4.51. The van der Waals surface area contributed by atoms with Gasteiger partial charge < -0.3 is 19.3 Å². The van der Waals surface area contributed by atoms with E-state index in [1.165, 1.54) is 0 Å². The van der Waals surface area contributed by atoms with Crippen LogP contribution in [0.2, 0.25) is 0 Å². The van der Waals surface area contributed by atoms with Crippen LogP contribution in [0.1, 0.15) is 38.5 Å². The lowest BCUT2D eigenvalue weighted by Gasteiger charge is -2.40. The second-order valence-electron chi connectivity index (χ2n) is 7.83. The molecule has 7 heteroatoms. The molecule has 0 unspecified atom stereocenters. The van der Waals surface area contributed by atoms with Crippen LogP contribution in [-0.4, -0.2) is 77.2 Å². The van der Waals surface area contributed by atoms with Crippen LogP contribution in [-0.2, 0) is 9.53 Å². The molecule has 3 aliphatic heterocycles. The normalized spacial score (nSPS) is 24.1. The molecule has 148 valence electrons. The van der Waals surface area contributed by atoms with Gasteiger partial charge in [0.05, 0.1) is 0 Å². The summed E-state index contributed by atoms with van der Waals surface area (Å²) in [6.07, 6.45) is 9.44. The molecule has 4 rings (SSSR count). The Morgan fingerprint density at radius 3 is 2.30 bits per heavy atom. The minimum atomic E-state index is 0.104. The van der Waals surface area contributed by atoms with E-state index in [0.29, 0.717) is 18.0 Å². The first-order valence-electron chi connectivity index (χ1n) is 10.3. The highest BCUT2D eigenvalue weighted by Gasteiger charge is 2.33. The minimum Gasteiger partial charge on any atom is -0.460 e. The van der Waals surface area contributed by atoms with Crippen molar-refractivity contribution in [3.05, 3.63) is 18.5 Å². The highest BCUT2D eigenvalue weighted by molar-refractivity contribution is 5.79. The lowest BCUT2D eigenvalue weighted by molar-refractivity contribution is -0.139. The molecular formula is C20H30N4O3. The van der Waals surface area contributed by atoms with Gasteiger partial charge in [-0.05, 0) is 44.8 Å². The van der Waals surface area contributed by atoms with E-state index in [1.807, 2.05) is 4.90 Å². The Morgan fingerprint density at radius 1 is 0.963 bits per heavy atom. The van der Waals surface area contributed by atoms with E-state index in [-0.39, 0.29) is 12.0 Å². The highest BCUT2D eigenvalue weighted by Crippen LogP contribution is 2.26. The summed E-state index contributed by atoms with van der Waals surface area (Å²) in [7, 11) is 0. The van der Waals surface area contributed by atoms with Gasteiger partial charge in [0, 0.05) is 63.5 Å². The van der Waals surface area contributed by atoms with Crippen molar-refractivity contribution < 1.29 is 14.3 Å². The molecule has 4 heterocycles. The van der Waals surface area contributed by atoms with Crippen molar-refractivity contribution >= 4 is 5.91 Å². The van der Waals surface area contributed by atoms with Crippen LogP contribution in [0, 0.1) is 5.92 Å². The standard InChI is InChI=1S/C20H30N4O3/c25-19(16-2-10-23(11-3-16)17-6-14-26-15-7-17)24-12-4-18(5-13-24)27-20-21-8-1-9-22-20/h1,8-9,16-18H,2-7,10-15H2. The topological polar surface area (TPSA) is 67.8 Å². The van der Waals surface area contributed by atoms with E-state index in [4.69, 9.17) is 9.47 Å². The lowest BCUT2D eigenvalue weighted by Crippen LogP contribution is -2.49. The zero-order chi connectivity index (χ0) is 18.5. The number of carbonyl (C=O) groups excluding carboxylic acids is 1. The SMILES string of the molecule is O=C(C1CCN(C2CCOCC2)CC1)N1CCC(Oc2ncccn2)CC1. The van der Waals surface area contributed by atoms with Crippen molar-refractivity contribution in [2.24, 2.45) is 5.92 Å². The van der Waals surface area contributed by atoms with E-state index in [1.54, 1.807) is 18.5 Å². The summed E-state index contributed by atoms with van der Waals surface area (Å²) in [4.78, 5) is 25.8. The van der Waals surface area contributed by atoms with Crippen molar-refractivity contribution in [1.82, 2.24) is 19.8 Å². The molecule has 0 aliphatic carbocycles. The van der Waals surface area contributed by atoms with E-state index in [2.05, 4.69) is 14.9 Å². The molecule has 7 nitrogen and oxygen atoms in total. The third-order valence-electron chi connectivity index (χ3n) is 6.15. The largest absolute Gasteiger partial charge is 0.460 e. The molecule has 0 radical (unpaired) electrons. The molecule has 0 bridgehead atoms. The number of hydrogen-bond donors (Lipinski definition) is 0. The third kappa shape index (κ3) is 4.76. The summed E-state index contributed by atoms with van der Waals surface area (Å²) in [5.74, 6) is 0.534. The molecule has 0 atom stereocenters. The summed E-state index contributed by atoms with van der Waals surface area (Å²) in [6.45, 7) is 5.41. The Labute approximate surface area is 161 Å². The second kappa shape index (κ2) is 8.97. The molecule has 0 aromatic carbocycles. The van der Waals surface area contributed by atoms with Gasteiger partial charge in [-0.3, -0.25) is 4.79 Å². The molecular weight excluding hydrogens is 344 g/mol. The number of ether oxygens (including phenoxy) is 2. The van der Waals surface area contributed by atoms with Crippen molar-refractivity contribution in [2.45, 2.75) is 50.7 Å². The molecule has 3 fully saturated rings. The maximum atomic E-state index is 12.9. The monoisotopic (exact) mass is 374 g/mol. The van der Waals surface area contributed by atoms with Crippen molar-refractivity contribution in [2.75, 3.05) is 39.4 Å². The smallest absolute Gasteiger partial charge is 0.316 e. The van der Waals surface area contributed by atoms with Gasteiger partial charge >= 0.3 is 6.01 Å². The van der Waals surface area contributed by atoms with Gasteiger partial charge in [-0.25, -0.2) is 9.97 Å². The molecule has 0 N–H and O–H groups in total. The van der Waals surface area contributed by atoms with Gasteiger partial charge in [0.25, 0.3) is 0 Å². The molecule has 0 spiro atoms. The Hall–Kier alpha value is -1.73. The molecule has 1 amide bonds. The van der Waals surface area contributed by atoms with Gasteiger partial charge in [0.2, 0.25) is 5.91 Å². The zero-order valence-corrected chi connectivity index (χ0v) is 16.0. The van der Waals surface area contributed by atoms with Crippen molar-refractivity contribution in [1.29, 1.82) is 0 Å². The molecule has 3 aliphatic rings. The Balaban J connectivity index is 1.20. The third-order valence-corrected chi connectivity index (χ3v) is 6.15. The predicted octanol–water partition coefficient (Wildman–Crippen LogP) is 1.74. The Morgan fingerprint density at radius 2 is 1.63 bits per heavy atom. The number of aromatic nitrogens is 2. The molecule has 0 saturated carbocycles. The van der Waals surface area contributed by atoms with Crippen LogP contribution in [0.3, 0.4) is 0 Å². The first-order valence-corrected chi connectivity index (χ1v) is 10.3. The molecule has 27 heavy (non-hydrogen) atoms. The van der Waals surface area contributed by atoms with Crippen LogP contribution in [0.4, 0.5) is 0 Å². The summed E-state index contributed by atoms with van der Waals surface area (Å²) < 4.78 is 11.3. The molecule has 1 aromatic heterocycles. The number of rotatable bonds is 4. The quantitative estimate of drug-likeness (QED) is 0.800. The number of amides is 1. The highest BCUT2D eigenvalue weighted by atomic mass is 16.5. The van der Waals surface area contributed by atoms with Gasteiger partial charge in [0.1, 0.15) is 6.10 Å². The van der Waals surface area contributed by atoms with E-state index < -0.39 is 0 Å². The fourth-order valence-electron chi connectivity index (χ4n) is 4.51. The predicted molar refractivity (Wildman–Crippen MR) is 100 cm³/mol. The number of likely N-dealkylation sites (tertiary alicyclic amines) is 2. The van der Waals surface area contributed by atoms with Crippen LogP contribution in [0.15, 0.2) is 18.5 Å². The fraction of sp³-hybridized carbons (Fsp3) is 0.750. The van der Waals surface area contributed by atoms with Crippen molar-refractivity contribution in [3.8, 4) is 6.01 Å². The van der Waals surface area contributed by atoms with Crippen LogP contribution < -0.4 is 4.74 Å². The van der Waals surface area contributed by atoms with Crippen molar-refractivity contribution in [3.63, 3.8) is 0 Å². The van der Waals surface area contributed by atoms with Gasteiger partial charge in [-0.15, -0.1) is 0 Å². The lowest BCUT2D eigenvalue weighted by atomic mass is 9.92. The maximum Gasteiger partial charge on any atom is 0.316 e. The Bertz CT molecular complexity index is 593. The van der Waals surface area contributed by atoms with Gasteiger partial charge in [0.15, 0.2) is 0 Å². The number of nitrogens with zero attached hydrogens (tertiary/aromatic N) is 4. The molecule has 3 saturated heterocycles. The number of piperidine rings is 2. The van der Waals surface area contributed by atoms with E-state index in [9.17, 15) is 4.79 Å². The zero-order valence-electron chi connectivity index (χ0n) is 16.0. The maximum absolute atomic E-state index is 12.9. The van der Waals surface area contributed by atoms with Crippen LogP contribution in [0.25, 0.3) is 0 Å². The number of carbonyl (C=O) groups is 1. The summed E-state index contributed by atoms with van der Waals surface area (Å²) >= 11 is 0. The van der Waals surface area contributed by atoms with Crippen LogP contribution >= 0.6 is 0 Å². The first-order chi connectivity index (χ1) is 13.3. The second-order valence-corrected chi connectivity index (χ2v) is 7.83.